The Hall–Kier alpha value is -1.64. The van der Waals surface area contributed by atoms with Gasteiger partial charge in [0.15, 0.2) is 6.10 Å². The third-order valence-electron chi connectivity index (χ3n) is 6.15. The molecule has 3 rings (SSSR count). The zero-order valence-corrected chi connectivity index (χ0v) is 18.3. The van der Waals surface area contributed by atoms with Crippen LogP contribution in [0.3, 0.4) is 0 Å². The zero-order chi connectivity index (χ0) is 21.0. The highest BCUT2D eigenvalue weighted by Gasteiger charge is 2.30. The van der Waals surface area contributed by atoms with E-state index in [2.05, 4.69) is 19.2 Å². The van der Waals surface area contributed by atoms with Crippen LogP contribution in [0.25, 0.3) is 0 Å². The number of benzene rings is 1. The Morgan fingerprint density at radius 1 is 1.17 bits per heavy atom. The van der Waals surface area contributed by atoms with Gasteiger partial charge in [0.2, 0.25) is 10.0 Å². The van der Waals surface area contributed by atoms with Crippen molar-refractivity contribution in [1.82, 2.24) is 9.62 Å². The minimum atomic E-state index is -3.54. The van der Waals surface area contributed by atoms with Gasteiger partial charge in [0, 0.05) is 19.1 Å². The zero-order valence-electron chi connectivity index (χ0n) is 17.5. The molecule has 1 aromatic rings. The molecule has 0 aromatic heterocycles. The van der Waals surface area contributed by atoms with Crippen molar-refractivity contribution < 1.29 is 22.7 Å². The Kier molecular flexibility index (Phi) is 7.19. The predicted molar refractivity (Wildman–Crippen MR) is 110 cm³/mol. The van der Waals surface area contributed by atoms with Crippen LogP contribution in [0.2, 0.25) is 0 Å². The van der Waals surface area contributed by atoms with Crippen LogP contribution in [-0.2, 0) is 19.6 Å². The molecule has 2 aliphatic rings. The molecule has 162 valence electrons. The molecule has 0 radical (unpaired) electrons. The first-order valence-electron chi connectivity index (χ1n) is 10.4. The Bertz CT molecular complexity index is 790. The molecule has 1 amide bonds. The van der Waals surface area contributed by atoms with Gasteiger partial charge < -0.3 is 14.8 Å². The number of amides is 1. The molecule has 1 saturated carbocycles. The molecule has 1 aromatic carbocycles. The minimum absolute atomic E-state index is 0.138. The summed E-state index contributed by atoms with van der Waals surface area (Å²) in [6, 6.07) is 6.43. The molecule has 1 heterocycles. The number of carbonyl (C=O) groups excluding carboxylic acids is 1. The van der Waals surface area contributed by atoms with Crippen LogP contribution in [0.15, 0.2) is 29.2 Å². The SMILES string of the molecule is C[C@H]1[C@@H](NC(=O)[C@@H](C)Oc2ccc(S(=O)(=O)N3CCOCC3)cc2)CCC[C@@H]1C. The van der Waals surface area contributed by atoms with E-state index in [1.165, 1.54) is 22.9 Å². The Balaban J connectivity index is 1.58. The molecule has 0 spiro atoms. The highest BCUT2D eigenvalue weighted by Crippen LogP contribution is 2.29. The summed E-state index contributed by atoms with van der Waals surface area (Å²) in [6.07, 6.45) is 2.68. The summed E-state index contributed by atoms with van der Waals surface area (Å²) in [5.74, 6) is 1.38. The summed E-state index contributed by atoms with van der Waals surface area (Å²) in [7, 11) is -3.54. The first-order valence-corrected chi connectivity index (χ1v) is 11.9. The van der Waals surface area contributed by atoms with E-state index in [1.807, 2.05) is 0 Å². The lowest BCUT2D eigenvalue weighted by Crippen LogP contribution is -2.48. The predicted octanol–water partition coefficient (Wildman–Crippen LogP) is 2.42. The third kappa shape index (κ3) is 5.29. The summed E-state index contributed by atoms with van der Waals surface area (Å²) >= 11 is 0. The lowest BCUT2D eigenvalue weighted by molar-refractivity contribution is -0.128. The van der Waals surface area contributed by atoms with E-state index < -0.39 is 16.1 Å². The Morgan fingerprint density at radius 2 is 1.83 bits per heavy atom. The monoisotopic (exact) mass is 424 g/mol. The van der Waals surface area contributed by atoms with Crippen molar-refractivity contribution in [2.75, 3.05) is 26.3 Å². The summed E-state index contributed by atoms with van der Waals surface area (Å²) in [5, 5.41) is 3.12. The summed E-state index contributed by atoms with van der Waals surface area (Å²) in [4.78, 5) is 12.8. The average Bonchev–Trinajstić information content (AvgIpc) is 2.72. The molecule has 8 heteroatoms. The molecular weight excluding hydrogens is 392 g/mol. The first-order chi connectivity index (χ1) is 13.8. The molecule has 7 nitrogen and oxygen atoms in total. The number of hydrogen-bond acceptors (Lipinski definition) is 5. The molecule has 0 bridgehead atoms. The quantitative estimate of drug-likeness (QED) is 0.758. The van der Waals surface area contributed by atoms with Crippen molar-refractivity contribution in [3.05, 3.63) is 24.3 Å². The van der Waals surface area contributed by atoms with Crippen molar-refractivity contribution >= 4 is 15.9 Å². The van der Waals surface area contributed by atoms with E-state index in [-0.39, 0.29) is 16.8 Å². The first kappa shape index (κ1) is 22.1. The van der Waals surface area contributed by atoms with E-state index in [4.69, 9.17) is 9.47 Å². The van der Waals surface area contributed by atoms with Crippen LogP contribution < -0.4 is 10.1 Å². The van der Waals surface area contributed by atoms with Gasteiger partial charge in [-0.1, -0.05) is 26.7 Å². The second-order valence-corrected chi connectivity index (χ2v) is 10.1. The number of nitrogens with zero attached hydrogens (tertiary/aromatic N) is 1. The number of carbonyl (C=O) groups is 1. The van der Waals surface area contributed by atoms with Gasteiger partial charge in [0.25, 0.3) is 5.91 Å². The average molecular weight is 425 g/mol. The maximum absolute atomic E-state index is 12.7. The standard InChI is InChI=1S/C21H32N2O5S/c1-15-5-4-6-20(16(15)2)22-21(24)17(3)28-18-7-9-19(10-8-18)29(25,26)23-11-13-27-14-12-23/h7-10,15-17,20H,4-6,11-14H2,1-3H3,(H,22,24)/t15-,16+,17+,20-/m0/s1. The third-order valence-corrected chi connectivity index (χ3v) is 8.06. The van der Waals surface area contributed by atoms with E-state index in [0.717, 1.165) is 12.8 Å². The molecule has 1 aliphatic carbocycles. The summed E-state index contributed by atoms with van der Waals surface area (Å²) in [5.41, 5.74) is 0. The topological polar surface area (TPSA) is 84.9 Å². The number of ether oxygens (including phenoxy) is 2. The van der Waals surface area contributed by atoms with Gasteiger partial charge in [-0.05, 0) is 49.4 Å². The second kappa shape index (κ2) is 9.45. The molecule has 0 unspecified atom stereocenters. The highest BCUT2D eigenvalue weighted by molar-refractivity contribution is 7.89. The van der Waals surface area contributed by atoms with Crippen molar-refractivity contribution in [2.45, 2.75) is 57.1 Å². The van der Waals surface area contributed by atoms with Crippen molar-refractivity contribution in [1.29, 1.82) is 0 Å². The van der Waals surface area contributed by atoms with E-state index in [9.17, 15) is 13.2 Å². The second-order valence-electron chi connectivity index (χ2n) is 8.13. The van der Waals surface area contributed by atoms with Gasteiger partial charge >= 0.3 is 0 Å². The van der Waals surface area contributed by atoms with Crippen LogP contribution in [-0.4, -0.2) is 57.1 Å². The minimum Gasteiger partial charge on any atom is -0.481 e. The number of sulfonamides is 1. The fraction of sp³-hybridized carbons (Fsp3) is 0.667. The lowest BCUT2D eigenvalue weighted by Gasteiger charge is -2.35. The van der Waals surface area contributed by atoms with E-state index >= 15 is 0 Å². The van der Waals surface area contributed by atoms with Gasteiger partial charge in [0.1, 0.15) is 5.75 Å². The number of morpholine rings is 1. The lowest BCUT2D eigenvalue weighted by atomic mass is 9.78. The maximum Gasteiger partial charge on any atom is 0.261 e. The Labute approximate surface area is 173 Å². The summed E-state index contributed by atoms with van der Waals surface area (Å²) in [6.45, 7) is 7.66. The van der Waals surface area contributed by atoms with Crippen molar-refractivity contribution in [3.63, 3.8) is 0 Å². The molecular formula is C21H32N2O5S. The number of nitrogens with one attached hydrogen (secondary N) is 1. The maximum atomic E-state index is 12.7. The van der Waals surface area contributed by atoms with Crippen molar-refractivity contribution in [3.8, 4) is 5.75 Å². The smallest absolute Gasteiger partial charge is 0.261 e. The van der Waals surface area contributed by atoms with Gasteiger partial charge in [-0.3, -0.25) is 4.79 Å². The largest absolute Gasteiger partial charge is 0.481 e. The van der Waals surface area contributed by atoms with Gasteiger partial charge in [-0.2, -0.15) is 4.31 Å². The van der Waals surface area contributed by atoms with E-state index in [1.54, 1.807) is 19.1 Å². The molecule has 1 N–H and O–H groups in total. The van der Waals surface area contributed by atoms with Crippen LogP contribution in [0.5, 0.6) is 5.75 Å². The Morgan fingerprint density at radius 3 is 2.48 bits per heavy atom. The van der Waals surface area contributed by atoms with Crippen LogP contribution in [0.1, 0.15) is 40.0 Å². The number of rotatable bonds is 6. The highest BCUT2D eigenvalue weighted by atomic mass is 32.2. The molecule has 29 heavy (non-hydrogen) atoms. The normalized spacial score (nSPS) is 27.2. The van der Waals surface area contributed by atoms with Crippen LogP contribution >= 0.6 is 0 Å². The molecule has 1 aliphatic heterocycles. The molecule has 1 saturated heterocycles. The molecule has 2 fully saturated rings. The fourth-order valence-corrected chi connectivity index (χ4v) is 5.38. The van der Waals surface area contributed by atoms with Gasteiger partial charge in [-0.25, -0.2) is 8.42 Å². The van der Waals surface area contributed by atoms with Crippen molar-refractivity contribution in [2.24, 2.45) is 11.8 Å². The van der Waals surface area contributed by atoms with Gasteiger partial charge in [-0.15, -0.1) is 0 Å². The fourth-order valence-electron chi connectivity index (χ4n) is 3.97. The van der Waals surface area contributed by atoms with Crippen LogP contribution in [0.4, 0.5) is 0 Å². The van der Waals surface area contributed by atoms with E-state index in [0.29, 0.717) is 43.9 Å². The van der Waals surface area contributed by atoms with Gasteiger partial charge in [0.05, 0.1) is 18.1 Å². The molecule has 4 atom stereocenters. The number of hydrogen-bond donors (Lipinski definition) is 1. The van der Waals surface area contributed by atoms with Crippen LogP contribution in [0, 0.1) is 11.8 Å². The summed E-state index contributed by atoms with van der Waals surface area (Å²) < 4.78 is 37.7.